The van der Waals surface area contributed by atoms with E-state index >= 15 is 0 Å². The van der Waals surface area contributed by atoms with Gasteiger partial charge in [0.2, 0.25) is 0 Å². The summed E-state index contributed by atoms with van der Waals surface area (Å²) >= 11 is 0. The van der Waals surface area contributed by atoms with Gasteiger partial charge in [-0.3, -0.25) is 4.79 Å². The van der Waals surface area contributed by atoms with Crippen LogP contribution in [-0.2, 0) is 9.84 Å². The van der Waals surface area contributed by atoms with E-state index in [2.05, 4.69) is 0 Å². The topological polar surface area (TPSA) is 51.2 Å². The van der Waals surface area contributed by atoms with Gasteiger partial charge < -0.3 is 0 Å². The molecule has 1 atom stereocenters. The number of benzene rings is 1. The van der Waals surface area contributed by atoms with Crippen molar-refractivity contribution in [3.05, 3.63) is 35.4 Å². The molecular formula is C11H12O3S. The largest absolute Gasteiger partial charge is 0.298 e. The molecule has 0 saturated carbocycles. The molecule has 0 aliphatic carbocycles. The quantitative estimate of drug-likeness (QED) is 0.713. The first-order chi connectivity index (χ1) is 7.11. The summed E-state index contributed by atoms with van der Waals surface area (Å²) in [7, 11) is -2.85. The molecule has 1 aliphatic heterocycles. The van der Waals surface area contributed by atoms with Crippen LogP contribution in [0.1, 0.15) is 28.3 Å². The van der Waals surface area contributed by atoms with Crippen molar-refractivity contribution in [1.29, 1.82) is 0 Å². The fraction of sp³-hybridized carbons (Fsp3) is 0.364. The first kappa shape index (κ1) is 10.4. The molecule has 0 aromatic heterocycles. The first-order valence-electron chi connectivity index (χ1n) is 4.86. The molecule has 2 rings (SSSR count). The lowest BCUT2D eigenvalue weighted by atomic mass is 9.97. The van der Waals surface area contributed by atoms with E-state index in [1.807, 2.05) is 6.07 Å². The van der Waals surface area contributed by atoms with E-state index in [0.717, 1.165) is 11.8 Å². The van der Waals surface area contributed by atoms with Gasteiger partial charge >= 0.3 is 0 Å². The van der Waals surface area contributed by atoms with E-state index in [1.54, 1.807) is 18.2 Å². The van der Waals surface area contributed by atoms with E-state index in [1.165, 1.54) is 0 Å². The van der Waals surface area contributed by atoms with Gasteiger partial charge in [0, 0.05) is 5.56 Å². The Labute approximate surface area is 89.0 Å². The Morgan fingerprint density at radius 3 is 2.73 bits per heavy atom. The Balaban J connectivity index is 2.27. The minimum absolute atomic E-state index is 0.0647. The van der Waals surface area contributed by atoms with Crippen LogP contribution in [-0.4, -0.2) is 26.2 Å². The lowest BCUT2D eigenvalue weighted by Gasteiger charge is -2.07. The second kappa shape index (κ2) is 3.77. The Morgan fingerprint density at radius 2 is 2.13 bits per heavy atom. The predicted molar refractivity (Wildman–Crippen MR) is 57.8 cm³/mol. The minimum atomic E-state index is -2.85. The first-order valence-corrected chi connectivity index (χ1v) is 6.68. The molecule has 80 valence electrons. The Hall–Kier alpha value is -1.16. The zero-order chi connectivity index (χ0) is 10.9. The Bertz CT molecular complexity index is 476. The van der Waals surface area contributed by atoms with Crippen LogP contribution >= 0.6 is 0 Å². The van der Waals surface area contributed by atoms with Crippen LogP contribution in [0, 0.1) is 0 Å². The lowest BCUT2D eigenvalue weighted by molar-refractivity contribution is 0.112. The molecule has 3 nitrogen and oxygen atoms in total. The van der Waals surface area contributed by atoms with Crippen LogP contribution in [0.2, 0.25) is 0 Å². The fourth-order valence-corrected chi connectivity index (χ4v) is 3.73. The SMILES string of the molecule is O=Cc1cccc(C2CCS(=O)(=O)C2)c1. The molecule has 0 amide bonds. The van der Waals surface area contributed by atoms with Crippen molar-refractivity contribution in [2.75, 3.05) is 11.5 Å². The third-order valence-corrected chi connectivity index (χ3v) is 4.52. The van der Waals surface area contributed by atoms with Gasteiger partial charge in [-0.2, -0.15) is 0 Å². The normalized spacial score (nSPS) is 23.9. The van der Waals surface area contributed by atoms with Gasteiger partial charge in [0.25, 0.3) is 0 Å². The lowest BCUT2D eigenvalue weighted by Crippen LogP contribution is -2.04. The Morgan fingerprint density at radius 1 is 1.33 bits per heavy atom. The van der Waals surface area contributed by atoms with E-state index < -0.39 is 9.84 Å². The summed E-state index contributed by atoms with van der Waals surface area (Å²) in [6, 6.07) is 7.18. The molecule has 1 heterocycles. The van der Waals surface area contributed by atoms with Crippen molar-refractivity contribution in [2.24, 2.45) is 0 Å². The highest BCUT2D eigenvalue weighted by molar-refractivity contribution is 7.91. The number of carbonyl (C=O) groups excluding carboxylic acids is 1. The smallest absolute Gasteiger partial charge is 0.150 e. The van der Waals surface area contributed by atoms with Crippen molar-refractivity contribution in [3.63, 3.8) is 0 Å². The zero-order valence-corrected chi connectivity index (χ0v) is 9.03. The predicted octanol–water partition coefficient (Wildman–Crippen LogP) is 1.40. The summed E-state index contributed by atoms with van der Waals surface area (Å²) in [5.74, 6) is 0.549. The van der Waals surface area contributed by atoms with Crippen LogP contribution < -0.4 is 0 Å². The molecule has 1 fully saturated rings. The van der Waals surface area contributed by atoms with Crippen LogP contribution in [0.3, 0.4) is 0 Å². The Kier molecular flexibility index (Phi) is 2.61. The maximum atomic E-state index is 11.3. The number of hydrogen-bond acceptors (Lipinski definition) is 3. The summed E-state index contributed by atoms with van der Waals surface area (Å²) < 4.78 is 22.6. The molecule has 1 aliphatic rings. The van der Waals surface area contributed by atoms with Gasteiger partial charge in [-0.05, 0) is 24.0 Å². The number of sulfone groups is 1. The molecule has 1 aromatic carbocycles. The fourth-order valence-electron chi connectivity index (χ4n) is 1.94. The molecule has 15 heavy (non-hydrogen) atoms. The molecule has 1 saturated heterocycles. The van der Waals surface area contributed by atoms with Crippen molar-refractivity contribution in [1.82, 2.24) is 0 Å². The third kappa shape index (κ3) is 2.26. The number of aldehydes is 1. The molecule has 4 heteroatoms. The van der Waals surface area contributed by atoms with Gasteiger partial charge in [0.1, 0.15) is 6.29 Å². The standard InChI is InChI=1S/C11H12O3S/c12-7-9-2-1-3-10(6-9)11-4-5-15(13,14)8-11/h1-3,6-7,11H,4-5,8H2. The van der Waals surface area contributed by atoms with Crippen LogP contribution in [0.25, 0.3) is 0 Å². The van der Waals surface area contributed by atoms with Crippen LogP contribution in [0.5, 0.6) is 0 Å². The molecular weight excluding hydrogens is 212 g/mol. The highest BCUT2D eigenvalue weighted by atomic mass is 32.2. The van der Waals surface area contributed by atoms with Crippen LogP contribution in [0.4, 0.5) is 0 Å². The van der Waals surface area contributed by atoms with Gasteiger partial charge in [-0.25, -0.2) is 8.42 Å². The molecule has 0 bridgehead atoms. The van der Waals surface area contributed by atoms with Gasteiger partial charge in [-0.1, -0.05) is 18.2 Å². The average Bonchev–Trinajstić information content (AvgIpc) is 2.59. The number of carbonyl (C=O) groups is 1. The van der Waals surface area contributed by atoms with Gasteiger partial charge in [0.05, 0.1) is 11.5 Å². The maximum absolute atomic E-state index is 11.3. The maximum Gasteiger partial charge on any atom is 0.150 e. The summed E-state index contributed by atoms with van der Waals surface area (Å²) in [6.45, 7) is 0. The summed E-state index contributed by atoms with van der Waals surface area (Å²) in [5.41, 5.74) is 1.57. The summed E-state index contributed by atoms with van der Waals surface area (Å²) in [5, 5.41) is 0. The second-order valence-corrected chi connectivity index (χ2v) is 6.12. The van der Waals surface area contributed by atoms with Crippen molar-refractivity contribution < 1.29 is 13.2 Å². The number of rotatable bonds is 2. The molecule has 0 N–H and O–H groups in total. The molecule has 1 unspecified atom stereocenters. The van der Waals surface area contributed by atoms with E-state index in [4.69, 9.17) is 0 Å². The van der Waals surface area contributed by atoms with Crippen molar-refractivity contribution in [3.8, 4) is 0 Å². The van der Waals surface area contributed by atoms with Crippen molar-refractivity contribution in [2.45, 2.75) is 12.3 Å². The summed E-state index contributed by atoms with van der Waals surface area (Å²) in [6.07, 6.45) is 1.46. The molecule has 0 spiro atoms. The van der Waals surface area contributed by atoms with E-state index in [-0.39, 0.29) is 17.4 Å². The minimum Gasteiger partial charge on any atom is -0.298 e. The van der Waals surface area contributed by atoms with E-state index in [0.29, 0.717) is 12.0 Å². The second-order valence-electron chi connectivity index (χ2n) is 3.89. The highest BCUT2D eigenvalue weighted by Gasteiger charge is 2.28. The molecule has 0 radical (unpaired) electrons. The molecule has 1 aromatic rings. The van der Waals surface area contributed by atoms with E-state index in [9.17, 15) is 13.2 Å². The third-order valence-electron chi connectivity index (χ3n) is 2.75. The zero-order valence-electron chi connectivity index (χ0n) is 8.22. The summed E-state index contributed by atoms with van der Waals surface area (Å²) in [4.78, 5) is 10.6. The van der Waals surface area contributed by atoms with Gasteiger partial charge in [0.15, 0.2) is 9.84 Å². The number of hydrogen-bond donors (Lipinski definition) is 0. The monoisotopic (exact) mass is 224 g/mol. The van der Waals surface area contributed by atoms with Gasteiger partial charge in [-0.15, -0.1) is 0 Å². The van der Waals surface area contributed by atoms with Crippen molar-refractivity contribution >= 4 is 16.1 Å². The van der Waals surface area contributed by atoms with Crippen LogP contribution in [0.15, 0.2) is 24.3 Å². The average molecular weight is 224 g/mol. The highest BCUT2D eigenvalue weighted by Crippen LogP contribution is 2.28.